The summed E-state index contributed by atoms with van der Waals surface area (Å²) in [6, 6.07) is 26.6. The van der Waals surface area contributed by atoms with Gasteiger partial charge in [0.15, 0.2) is 0 Å². The van der Waals surface area contributed by atoms with Crippen LogP contribution in [0.25, 0.3) is 21.9 Å². The third-order valence-electron chi connectivity index (χ3n) is 4.65. The minimum atomic E-state index is -1.02. The van der Waals surface area contributed by atoms with Crippen molar-refractivity contribution in [2.45, 2.75) is 6.61 Å². The number of hydrogen-bond acceptors (Lipinski definition) is 2. The lowest BCUT2D eigenvalue weighted by Crippen LogP contribution is -2.04. The topological polar surface area (TPSA) is 46.5 Å². The number of halogens is 1. The summed E-state index contributed by atoms with van der Waals surface area (Å²) in [4.78, 5) is 11.6. The van der Waals surface area contributed by atoms with Gasteiger partial charge in [-0.15, -0.1) is 0 Å². The van der Waals surface area contributed by atoms with E-state index >= 15 is 0 Å². The predicted octanol–water partition coefficient (Wildman–Crippen LogP) is 6.44. The quantitative estimate of drug-likeness (QED) is 0.428. The van der Waals surface area contributed by atoms with Crippen LogP contribution in [0.4, 0.5) is 0 Å². The molecule has 1 N–H and O–H groups in total. The van der Waals surface area contributed by atoms with Crippen molar-refractivity contribution in [3.05, 3.63) is 101 Å². The molecule has 28 heavy (non-hydrogen) atoms. The van der Waals surface area contributed by atoms with Crippen LogP contribution >= 0.6 is 11.6 Å². The molecule has 0 aliphatic rings. The van der Waals surface area contributed by atoms with Gasteiger partial charge < -0.3 is 9.84 Å². The van der Waals surface area contributed by atoms with E-state index in [0.717, 1.165) is 27.5 Å². The van der Waals surface area contributed by atoms with Crippen molar-refractivity contribution in [1.82, 2.24) is 0 Å². The van der Waals surface area contributed by atoms with Crippen LogP contribution in [0.15, 0.2) is 84.9 Å². The van der Waals surface area contributed by atoms with E-state index in [9.17, 15) is 9.90 Å². The van der Waals surface area contributed by atoms with Crippen LogP contribution in [0.2, 0.25) is 5.02 Å². The Morgan fingerprint density at radius 3 is 2.36 bits per heavy atom. The summed E-state index contributed by atoms with van der Waals surface area (Å²) in [5, 5.41) is 12.4. The van der Waals surface area contributed by atoms with E-state index in [1.54, 1.807) is 30.3 Å². The van der Waals surface area contributed by atoms with Crippen LogP contribution in [0.3, 0.4) is 0 Å². The number of ether oxygens (including phenoxy) is 1. The lowest BCUT2D eigenvalue weighted by Gasteiger charge is -2.13. The molecule has 0 saturated heterocycles. The molecule has 3 nitrogen and oxygen atoms in total. The van der Waals surface area contributed by atoms with E-state index in [1.807, 2.05) is 54.6 Å². The second-order valence-corrected chi connectivity index (χ2v) is 6.89. The van der Waals surface area contributed by atoms with Crippen molar-refractivity contribution >= 4 is 28.3 Å². The Labute approximate surface area is 167 Å². The van der Waals surface area contributed by atoms with Gasteiger partial charge >= 0.3 is 5.97 Å². The van der Waals surface area contributed by atoms with Crippen molar-refractivity contribution in [1.29, 1.82) is 0 Å². The molecule has 0 aromatic heterocycles. The van der Waals surface area contributed by atoms with Crippen molar-refractivity contribution in [2.24, 2.45) is 0 Å². The van der Waals surface area contributed by atoms with E-state index in [0.29, 0.717) is 10.8 Å². The first kappa shape index (κ1) is 18.1. The van der Waals surface area contributed by atoms with E-state index in [1.165, 1.54) is 0 Å². The highest BCUT2D eigenvalue weighted by molar-refractivity contribution is 6.30. The van der Waals surface area contributed by atoms with Gasteiger partial charge in [-0.25, -0.2) is 4.79 Å². The standard InChI is InChI=1S/C24H17ClO3/c25-20-11-8-16(9-12-20)18-10-13-22(24(26)27)23(14-18)28-15-19-6-3-5-17-4-1-2-7-21(17)19/h1-14H,15H2,(H,26,27). The zero-order chi connectivity index (χ0) is 19.5. The Hall–Kier alpha value is -3.30. The number of carboxylic acids is 1. The summed E-state index contributed by atoms with van der Waals surface area (Å²) in [5.41, 5.74) is 2.95. The van der Waals surface area contributed by atoms with E-state index in [-0.39, 0.29) is 12.2 Å². The maximum absolute atomic E-state index is 11.6. The van der Waals surface area contributed by atoms with Gasteiger partial charge in [0.25, 0.3) is 0 Å². The van der Waals surface area contributed by atoms with Crippen LogP contribution in [-0.2, 0) is 6.61 Å². The minimum absolute atomic E-state index is 0.137. The molecule has 0 atom stereocenters. The molecule has 0 saturated carbocycles. The van der Waals surface area contributed by atoms with Crippen LogP contribution in [-0.4, -0.2) is 11.1 Å². The molecule has 4 aromatic rings. The Kier molecular flexibility index (Phi) is 5.00. The molecule has 0 amide bonds. The summed E-state index contributed by atoms with van der Waals surface area (Å²) in [5.74, 6) is -0.677. The molecule has 0 spiro atoms. The van der Waals surface area contributed by atoms with Gasteiger partial charge in [-0.05, 0) is 51.7 Å². The Balaban J connectivity index is 1.68. The van der Waals surface area contributed by atoms with E-state index < -0.39 is 5.97 Å². The van der Waals surface area contributed by atoms with Gasteiger partial charge in [-0.2, -0.15) is 0 Å². The average Bonchev–Trinajstić information content (AvgIpc) is 2.72. The Morgan fingerprint density at radius 2 is 1.57 bits per heavy atom. The number of carbonyl (C=O) groups is 1. The molecule has 0 heterocycles. The summed E-state index contributed by atoms with van der Waals surface area (Å²) < 4.78 is 5.97. The zero-order valence-electron chi connectivity index (χ0n) is 14.9. The van der Waals surface area contributed by atoms with E-state index in [2.05, 4.69) is 0 Å². The Bertz CT molecular complexity index is 1140. The minimum Gasteiger partial charge on any atom is -0.488 e. The number of hydrogen-bond donors (Lipinski definition) is 1. The maximum atomic E-state index is 11.6. The zero-order valence-corrected chi connectivity index (χ0v) is 15.7. The lowest BCUT2D eigenvalue weighted by molar-refractivity contribution is 0.0692. The molecule has 138 valence electrons. The normalized spacial score (nSPS) is 10.8. The number of aromatic carboxylic acids is 1. The molecule has 4 heteroatoms. The van der Waals surface area contributed by atoms with Gasteiger partial charge in [0, 0.05) is 5.02 Å². The van der Waals surface area contributed by atoms with E-state index in [4.69, 9.17) is 16.3 Å². The molecule has 4 rings (SSSR count). The number of fused-ring (bicyclic) bond motifs is 1. The monoisotopic (exact) mass is 388 g/mol. The highest BCUT2D eigenvalue weighted by Gasteiger charge is 2.14. The first-order chi connectivity index (χ1) is 13.6. The number of carboxylic acid groups (broad SMARTS) is 1. The fraction of sp³-hybridized carbons (Fsp3) is 0.0417. The number of rotatable bonds is 5. The van der Waals surface area contributed by atoms with Gasteiger partial charge in [0.2, 0.25) is 0 Å². The van der Waals surface area contributed by atoms with Crippen molar-refractivity contribution in [3.8, 4) is 16.9 Å². The summed E-state index contributed by atoms with van der Waals surface area (Å²) in [6.07, 6.45) is 0. The molecule has 0 aliphatic heterocycles. The molecule has 0 unspecified atom stereocenters. The predicted molar refractivity (Wildman–Crippen MR) is 112 cm³/mol. The van der Waals surface area contributed by atoms with Crippen molar-refractivity contribution in [3.63, 3.8) is 0 Å². The van der Waals surface area contributed by atoms with Gasteiger partial charge in [0.1, 0.15) is 17.9 Å². The SMILES string of the molecule is O=C(O)c1ccc(-c2ccc(Cl)cc2)cc1OCc1cccc2ccccc12. The van der Waals surface area contributed by atoms with Crippen molar-refractivity contribution in [2.75, 3.05) is 0 Å². The second kappa shape index (κ2) is 7.75. The summed E-state index contributed by atoms with van der Waals surface area (Å²) in [6.45, 7) is 0.283. The average molecular weight is 389 g/mol. The molecule has 0 radical (unpaired) electrons. The fourth-order valence-electron chi connectivity index (χ4n) is 3.21. The van der Waals surface area contributed by atoms with Crippen LogP contribution in [0.5, 0.6) is 5.75 Å². The smallest absolute Gasteiger partial charge is 0.339 e. The highest BCUT2D eigenvalue weighted by atomic mass is 35.5. The molecule has 0 aliphatic carbocycles. The maximum Gasteiger partial charge on any atom is 0.339 e. The van der Waals surface area contributed by atoms with Gasteiger partial charge in [-0.3, -0.25) is 0 Å². The molecular weight excluding hydrogens is 372 g/mol. The second-order valence-electron chi connectivity index (χ2n) is 6.45. The van der Waals surface area contributed by atoms with Crippen LogP contribution in [0, 0.1) is 0 Å². The number of benzene rings is 4. The molecule has 4 aromatic carbocycles. The van der Waals surface area contributed by atoms with Gasteiger partial charge in [-0.1, -0.05) is 72.3 Å². The third-order valence-corrected chi connectivity index (χ3v) is 4.90. The van der Waals surface area contributed by atoms with Crippen molar-refractivity contribution < 1.29 is 14.6 Å². The first-order valence-electron chi connectivity index (χ1n) is 8.84. The summed E-state index contributed by atoms with van der Waals surface area (Å²) in [7, 11) is 0. The first-order valence-corrected chi connectivity index (χ1v) is 9.22. The van der Waals surface area contributed by atoms with Gasteiger partial charge in [0.05, 0.1) is 0 Å². The lowest BCUT2D eigenvalue weighted by atomic mass is 10.0. The largest absolute Gasteiger partial charge is 0.488 e. The fourth-order valence-corrected chi connectivity index (χ4v) is 3.34. The third kappa shape index (κ3) is 3.71. The molecule has 0 fully saturated rings. The Morgan fingerprint density at radius 1 is 0.857 bits per heavy atom. The molecular formula is C24H17ClO3. The molecule has 0 bridgehead atoms. The van der Waals surface area contributed by atoms with Crippen LogP contribution in [0.1, 0.15) is 15.9 Å². The van der Waals surface area contributed by atoms with Crippen LogP contribution < -0.4 is 4.74 Å². The highest BCUT2D eigenvalue weighted by Crippen LogP contribution is 2.30. The summed E-state index contributed by atoms with van der Waals surface area (Å²) >= 11 is 5.96.